The van der Waals surface area contributed by atoms with E-state index in [-0.39, 0.29) is 6.04 Å². The zero-order chi connectivity index (χ0) is 13.8. The van der Waals surface area contributed by atoms with Crippen LogP contribution in [0.25, 0.3) is 0 Å². The Morgan fingerprint density at radius 1 is 1.58 bits per heavy atom. The van der Waals surface area contributed by atoms with Gasteiger partial charge in [0.1, 0.15) is 0 Å². The third-order valence-corrected chi connectivity index (χ3v) is 4.51. The first-order valence-electron chi connectivity index (χ1n) is 6.65. The lowest BCUT2D eigenvalue weighted by molar-refractivity contribution is -0.0290. The fourth-order valence-electron chi connectivity index (χ4n) is 2.64. The van der Waals surface area contributed by atoms with Crippen molar-refractivity contribution in [1.82, 2.24) is 4.90 Å². The number of ether oxygens (including phenoxy) is 1. The van der Waals surface area contributed by atoms with Crippen molar-refractivity contribution < 1.29 is 4.74 Å². The van der Waals surface area contributed by atoms with Gasteiger partial charge in [-0.25, -0.2) is 0 Å². The van der Waals surface area contributed by atoms with E-state index in [9.17, 15) is 0 Å². The zero-order valence-electron chi connectivity index (χ0n) is 11.1. The normalized spacial score (nSPS) is 22.4. The van der Waals surface area contributed by atoms with Gasteiger partial charge in [-0.05, 0) is 24.1 Å². The molecule has 2 N–H and O–H groups in total. The fourth-order valence-corrected chi connectivity index (χ4v) is 3.44. The van der Waals surface area contributed by atoms with Crippen LogP contribution in [-0.2, 0) is 4.74 Å². The molecule has 1 heterocycles. The van der Waals surface area contributed by atoms with E-state index in [0.29, 0.717) is 12.6 Å². The summed E-state index contributed by atoms with van der Waals surface area (Å²) >= 11 is 9.81. The van der Waals surface area contributed by atoms with Crippen LogP contribution in [0.5, 0.6) is 0 Å². The molecule has 0 amide bonds. The molecule has 0 saturated carbocycles. The first-order chi connectivity index (χ1) is 9.17. The average Bonchev–Trinajstić information content (AvgIpc) is 2.42. The summed E-state index contributed by atoms with van der Waals surface area (Å²) in [6, 6.07) is 6.59. The van der Waals surface area contributed by atoms with Crippen molar-refractivity contribution in [2.24, 2.45) is 5.73 Å². The molecule has 0 aliphatic carbocycles. The predicted octanol–water partition coefficient (Wildman–Crippen LogP) is 3.21. The third kappa shape index (κ3) is 3.50. The van der Waals surface area contributed by atoms with E-state index >= 15 is 0 Å². The fraction of sp³-hybridized carbons (Fsp3) is 0.571. The molecule has 0 radical (unpaired) electrons. The Morgan fingerprint density at radius 3 is 3.00 bits per heavy atom. The molecule has 0 spiro atoms. The molecule has 0 aromatic heterocycles. The molecular weight excluding hydrogens is 328 g/mol. The predicted molar refractivity (Wildman–Crippen MR) is 82.6 cm³/mol. The average molecular weight is 348 g/mol. The van der Waals surface area contributed by atoms with Gasteiger partial charge in [-0.1, -0.05) is 40.5 Å². The van der Waals surface area contributed by atoms with Gasteiger partial charge in [-0.2, -0.15) is 0 Å². The van der Waals surface area contributed by atoms with Gasteiger partial charge in [0.2, 0.25) is 0 Å². The Labute approximate surface area is 128 Å². The number of hydrogen-bond donors (Lipinski definition) is 1. The standard InChI is InChI=1S/C14H20BrClN2O/c1-2-11-9-19-6-5-18(11)14(8-17)12-4-3-10(15)7-13(12)16/h3-4,7,11,14H,2,5-6,8-9,17H2,1H3. The van der Waals surface area contributed by atoms with Crippen molar-refractivity contribution in [2.45, 2.75) is 25.4 Å². The van der Waals surface area contributed by atoms with Crippen LogP contribution in [-0.4, -0.2) is 37.2 Å². The SMILES string of the molecule is CCC1COCCN1C(CN)c1ccc(Br)cc1Cl. The summed E-state index contributed by atoms with van der Waals surface area (Å²) < 4.78 is 6.55. The molecule has 5 heteroatoms. The van der Waals surface area contributed by atoms with E-state index in [1.54, 1.807) is 0 Å². The highest BCUT2D eigenvalue weighted by atomic mass is 79.9. The number of hydrogen-bond acceptors (Lipinski definition) is 3. The number of halogens is 2. The molecule has 1 saturated heterocycles. The van der Waals surface area contributed by atoms with Gasteiger partial charge in [-0.15, -0.1) is 0 Å². The Balaban J connectivity index is 2.27. The molecule has 106 valence electrons. The zero-order valence-corrected chi connectivity index (χ0v) is 13.5. The highest BCUT2D eigenvalue weighted by Gasteiger charge is 2.29. The van der Waals surface area contributed by atoms with E-state index in [1.165, 1.54) is 0 Å². The maximum Gasteiger partial charge on any atom is 0.0622 e. The van der Waals surface area contributed by atoms with Crippen LogP contribution in [0.15, 0.2) is 22.7 Å². The summed E-state index contributed by atoms with van der Waals surface area (Å²) in [5.74, 6) is 0. The van der Waals surface area contributed by atoms with E-state index in [0.717, 1.165) is 41.2 Å². The summed E-state index contributed by atoms with van der Waals surface area (Å²) in [6.07, 6.45) is 1.06. The summed E-state index contributed by atoms with van der Waals surface area (Å²) in [5, 5.41) is 0.770. The second-order valence-corrected chi connectivity index (χ2v) is 6.12. The number of nitrogens with zero attached hydrogens (tertiary/aromatic N) is 1. The van der Waals surface area contributed by atoms with E-state index in [2.05, 4.69) is 33.8 Å². The van der Waals surface area contributed by atoms with E-state index in [4.69, 9.17) is 22.1 Å². The van der Waals surface area contributed by atoms with Gasteiger partial charge in [0, 0.05) is 34.7 Å². The number of rotatable bonds is 4. The molecule has 2 unspecified atom stereocenters. The molecule has 2 rings (SSSR count). The first-order valence-corrected chi connectivity index (χ1v) is 7.83. The second kappa shape index (κ2) is 7.04. The van der Waals surface area contributed by atoms with Crippen molar-refractivity contribution in [3.8, 4) is 0 Å². The quantitative estimate of drug-likeness (QED) is 0.909. The van der Waals surface area contributed by atoms with Gasteiger partial charge >= 0.3 is 0 Å². The summed E-state index contributed by atoms with van der Waals surface area (Å²) in [7, 11) is 0. The lowest BCUT2D eigenvalue weighted by Gasteiger charge is -2.40. The lowest BCUT2D eigenvalue weighted by Crippen LogP contribution is -2.48. The maximum atomic E-state index is 6.37. The van der Waals surface area contributed by atoms with Crippen LogP contribution in [0, 0.1) is 0 Å². The molecule has 1 aliphatic heterocycles. The molecule has 19 heavy (non-hydrogen) atoms. The van der Waals surface area contributed by atoms with Crippen LogP contribution in [0.4, 0.5) is 0 Å². The molecule has 1 aromatic rings. The van der Waals surface area contributed by atoms with Crippen LogP contribution in [0.1, 0.15) is 24.9 Å². The molecule has 3 nitrogen and oxygen atoms in total. The van der Waals surface area contributed by atoms with Crippen LogP contribution < -0.4 is 5.73 Å². The topological polar surface area (TPSA) is 38.5 Å². The van der Waals surface area contributed by atoms with Crippen molar-refractivity contribution in [2.75, 3.05) is 26.3 Å². The van der Waals surface area contributed by atoms with Crippen molar-refractivity contribution >= 4 is 27.5 Å². The van der Waals surface area contributed by atoms with Crippen LogP contribution >= 0.6 is 27.5 Å². The Hall–Kier alpha value is -0.130. The number of nitrogens with two attached hydrogens (primary N) is 1. The largest absolute Gasteiger partial charge is 0.378 e. The Kier molecular flexibility index (Phi) is 5.66. The van der Waals surface area contributed by atoms with E-state index < -0.39 is 0 Å². The summed E-state index contributed by atoms with van der Waals surface area (Å²) in [5.41, 5.74) is 7.11. The maximum absolute atomic E-state index is 6.37. The minimum Gasteiger partial charge on any atom is -0.378 e. The molecule has 0 bridgehead atoms. The third-order valence-electron chi connectivity index (χ3n) is 3.69. The molecule has 1 fully saturated rings. The number of morpholine rings is 1. The Morgan fingerprint density at radius 2 is 2.37 bits per heavy atom. The number of benzene rings is 1. The van der Waals surface area contributed by atoms with Gasteiger partial charge in [0.05, 0.1) is 13.2 Å². The van der Waals surface area contributed by atoms with Crippen molar-refractivity contribution in [3.63, 3.8) is 0 Å². The summed E-state index contributed by atoms with van der Waals surface area (Å²) in [6.45, 7) is 5.20. The van der Waals surface area contributed by atoms with E-state index in [1.807, 2.05) is 12.1 Å². The van der Waals surface area contributed by atoms with Gasteiger partial charge < -0.3 is 10.5 Å². The molecule has 1 aromatic carbocycles. The monoisotopic (exact) mass is 346 g/mol. The van der Waals surface area contributed by atoms with Crippen LogP contribution in [0.3, 0.4) is 0 Å². The van der Waals surface area contributed by atoms with Crippen molar-refractivity contribution in [1.29, 1.82) is 0 Å². The lowest BCUT2D eigenvalue weighted by atomic mass is 10.0. The second-order valence-electron chi connectivity index (χ2n) is 4.79. The van der Waals surface area contributed by atoms with Crippen LogP contribution in [0.2, 0.25) is 5.02 Å². The van der Waals surface area contributed by atoms with Gasteiger partial charge in [-0.3, -0.25) is 4.90 Å². The highest BCUT2D eigenvalue weighted by molar-refractivity contribution is 9.10. The Bertz CT molecular complexity index is 430. The minimum absolute atomic E-state index is 0.162. The highest BCUT2D eigenvalue weighted by Crippen LogP contribution is 2.32. The smallest absolute Gasteiger partial charge is 0.0622 e. The minimum atomic E-state index is 0.162. The molecule has 2 atom stereocenters. The van der Waals surface area contributed by atoms with Gasteiger partial charge in [0.15, 0.2) is 0 Å². The molecule has 1 aliphatic rings. The summed E-state index contributed by atoms with van der Waals surface area (Å²) in [4.78, 5) is 2.43. The van der Waals surface area contributed by atoms with Crippen molar-refractivity contribution in [3.05, 3.63) is 33.3 Å². The molecular formula is C14H20BrClN2O. The first kappa shape index (κ1) is 15.3. The van der Waals surface area contributed by atoms with Gasteiger partial charge in [0.25, 0.3) is 0 Å².